The third-order valence-corrected chi connectivity index (χ3v) is 6.76. The number of hydrogen-bond acceptors (Lipinski definition) is 6. The van der Waals surface area contributed by atoms with Gasteiger partial charge in [0.15, 0.2) is 10.8 Å². The van der Waals surface area contributed by atoms with Gasteiger partial charge in [-0.1, -0.05) is 29.5 Å². The maximum Gasteiger partial charge on any atom is 0.333 e. The van der Waals surface area contributed by atoms with E-state index in [-0.39, 0.29) is 24.6 Å². The smallest absolute Gasteiger partial charge is 0.333 e. The number of piperidine rings is 1. The molecule has 0 aliphatic carbocycles. The molecule has 1 N–H and O–H groups in total. The number of benzene rings is 1. The highest BCUT2D eigenvalue weighted by molar-refractivity contribution is 7.22. The Balaban J connectivity index is 1.76. The van der Waals surface area contributed by atoms with Crippen LogP contribution in [0.1, 0.15) is 30.4 Å². The summed E-state index contributed by atoms with van der Waals surface area (Å²) in [5.74, 6) is -0.349. The number of carbonyl (C=O) groups is 1. The number of allylic oxidation sites excluding steroid dienone is 1. The lowest BCUT2D eigenvalue weighted by molar-refractivity contribution is -0.116. The van der Waals surface area contributed by atoms with Crippen molar-refractivity contribution in [2.75, 3.05) is 23.3 Å². The highest BCUT2D eigenvalue weighted by atomic mass is 32.1. The first kappa shape index (κ1) is 22.0. The maximum atomic E-state index is 13.1. The molecular formula is C23H27N5O3S. The maximum absolute atomic E-state index is 13.1. The minimum Gasteiger partial charge on any atom is -0.348 e. The van der Waals surface area contributed by atoms with Gasteiger partial charge >= 0.3 is 5.69 Å². The first-order valence-corrected chi connectivity index (χ1v) is 11.6. The summed E-state index contributed by atoms with van der Waals surface area (Å²) in [5.41, 5.74) is 1.97. The third kappa shape index (κ3) is 4.25. The van der Waals surface area contributed by atoms with Crippen molar-refractivity contribution in [1.29, 1.82) is 0 Å². The van der Waals surface area contributed by atoms with Crippen molar-refractivity contribution in [3.63, 3.8) is 0 Å². The Morgan fingerprint density at radius 1 is 1.19 bits per heavy atom. The number of fused-ring (bicyclic) bond motifs is 1. The van der Waals surface area contributed by atoms with Crippen LogP contribution in [0.5, 0.6) is 0 Å². The molecule has 0 spiro atoms. The fraction of sp³-hybridized carbons (Fsp3) is 0.391. The molecule has 0 atom stereocenters. The molecule has 1 saturated heterocycles. The number of carbonyl (C=O) groups excluding carboxylic acids is 1. The highest BCUT2D eigenvalue weighted by Gasteiger charge is 2.22. The van der Waals surface area contributed by atoms with Gasteiger partial charge in [0.25, 0.3) is 5.56 Å². The largest absolute Gasteiger partial charge is 0.348 e. The van der Waals surface area contributed by atoms with Gasteiger partial charge < -0.3 is 10.2 Å². The van der Waals surface area contributed by atoms with Crippen molar-refractivity contribution >= 4 is 38.4 Å². The Hall–Kier alpha value is -3.20. The molecule has 1 fully saturated rings. The van der Waals surface area contributed by atoms with Gasteiger partial charge in [-0.3, -0.25) is 18.7 Å². The van der Waals surface area contributed by atoms with Gasteiger partial charge in [-0.15, -0.1) is 6.58 Å². The Morgan fingerprint density at radius 3 is 2.66 bits per heavy atom. The van der Waals surface area contributed by atoms with Crippen LogP contribution in [0.4, 0.5) is 10.8 Å². The van der Waals surface area contributed by atoms with Crippen LogP contribution < -0.4 is 21.5 Å². The standard InChI is InChI=1S/C23H27N5O3S/c1-4-10-27-21(30)19-20(25-22(32-19)26-11-6-5-7-12-26)28(23(27)31)14-18(29)24-17-13-15(2)8-9-16(17)3/h4,8-9,13H,1,5-7,10-12,14H2,2-3H3,(H,24,29). The molecular weight excluding hydrogens is 426 g/mol. The first-order chi connectivity index (χ1) is 15.4. The summed E-state index contributed by atoms with van der Waals surface area (Å²) >= 11 is 1.28. The molecule has 1 amide bonds. The summed E-state index contributed by atoms with van der Waals surface area (Å²) in [6.07, 6.45) is 4.82. The summed E-state index contributed by atoms with van der Waals surface area (Å²) in [4.78, 5) is 45.8. The molecule has 8 nitrogen and oxygen atoms in total. The number of aryl methyl sites for hydroxylation is 2. The molecule has 32 heavy (non-hydrogen) atoms. The van der Waals surface area contributed by atoms with Crippen LogP contribution >= 0.6 is 11.3 Å². The molecule has 3 aromatic rings. The third-order valence-electron chi connectivity index (χ3n) is 5.66. The van der Waals surface area contributed by atoms with E-state index in [1.807, 2.05) is 32.0 Å². The quantitative estimate of drug-likeness (QED) is 0.580. The number of thiazole rings is 1. The monoisotopic (exact) mass is 453 g/mol. The van der Waals surface area contributed by atoms with Crippen molar-refractivity contribution < 1.29 is 4.79 Å². The Kier molecular flexibility index (Phi) is 6.27. The van der Waals surface area contributed by atoms with Gasteiger partial charge in [0.05, 0.1) is 0 Å². The average Bonchev–Trinajstić information content (AvgIpc) is 3.23. The van der Waals surface area contributed by atoms with Crippen LogP contribution in [0.2, 0.25) is 0 Å². The lowest BCUT2D eigenvalue weighted by atomic mass is 10.1. The van der Waals surface area contributed by atoms with Crippen molar-refractivity contribution in [2.45, 2.75) is 46.2 Å². The molecule has 4 rings (SSSR count). The zero-order valence-corrected chi connectivity index (χ0v) is 19.2. The van der Waals surface area contributed by atoms with E-state index >= 15 is 0 Å². The highest BCUT2D eigenvalue weighted by Crippen LogP contribution is 2.28. The average molecular weight is 454 g/mol. The van der Waals surface area contributed by atoms with Crippen molar-refractivity contribution in [2.24, 2.45) is 0 Å². The van der Waals surface area contributed by atoms with Crippen molar-refractivity contribution in [3.05, 3.63) is 62.8 Å². The molecule has 0 radical (unpaired) electrons. The van der Waals surface area contributed by atoms with E-state index in [0.717, 1.165) is 46.8 Å². The fourth-order valence-electron chi connectivity index (χ4n) is 3.93. The van der Waals surface area contributed by atoms with Crippen molar-refractivity contribution in [3.8, 4) is 0 Å². The summed E-state index contributed by atoms with van der Waals surface area (Å²) in [7, 11) is 0. The van der Waals surface area contributed by atoms with E-state index in [1.165, 1.54) is 28.4 Å². The molecule has 168 valence electrons. The second kappa shape index (κ2) is 9.12. The van der Waals surface area contributed by atoms with Gasteiger partial charge in [0, 0.05) is 25.3 Å². The predicted molar refractivity (Wildman–Crippen MR) is 129 cm³/mol. The van der Waals surface area contributed by atoms with E-state index in [0.29, 0.717) is 10.4 Å². The lowest BCUT2D eigenvalue weighted by Crippen LogP contribution is -2.41. The van der Waals surface area contributed by atoms with Crippen LogP contribution in [-0.4, -0.2) is 33.1 Å². The van der Waals surface area contributed by atoms with E-state index in [1.54, 1.807) is 0 Å². The second-order valence-electron chi connectivity index (χ2n) is 8.14. The SMILES string of the molecule is C=CCn1c(=O)c2sc(N3CCCCC3)nc2n(CC(=O)Nc2cc(C)ccc2C)c1=O. The molecule has 0 bridgehead atoms. The fourth-order valence-corrected chi connectivity index (χ4v) is 5.00. The number of rotatable bonds is 6. The number of hydrogen-bond donors (Lipinski definition) is 1. The van der Waals surface area contributed by atoms with Gasteiger partial charge in [0.1, 0.15) is 11.2 Å². The van der Waals surface area contributed by atoms with Gasteiger partial charge in [-0.25, -0.2) is 9.78 Å². The summed E-state index contributed by atoms with van der Waals surface area (Å²) < 4.78 is 2.79. The molecule has 1 aromatic carbocycles. The Bertz CT molecular complexity index is 1300. The van der Waals surface area contributed by atoms with Crippen LogP contribution in [-0.2, 0) is 17.9 Å². The Morgan fingerprint density at radius 2 is 1.94 bits per heavy atom. The number of amides is 1. The topological polar surface area (TPSA) is 89.2 Å². The minimum atomic E-state index is -0.561. The van der Waals surface area contributed by atoms with Crippen LogP contribution in [0.15, 0.2) is 40.4 Å². The predicted octanol–water partition coefficient (Wildman–Crippen LogP) is 3.05. The van der Waals surface area contributed by atoms with Crippen LogP contribution in [0.3, 0.4) is 0 Å². The summed E-state index contributed by atoms with van der Waals surface area (Å²) in [6.45, 7) is 9.10. The van der Waals surface area contributed by atoms with Gasteiger partial charge in [-0.2, -0.15) is 0 Å². The van der Waals surface area contributed by atoms with Crippen LogP contribution in [0, 0.1) is 13.8 Å². The van der Waals surface area contributed by atoms with E-state index in [9.17, 15) is 14.4 Å². The van der Waals surface area contributed by atoms with Gasteiger partial charge in [-0.05, 0) is 50.3 Å². The molecule has 0 unspecified atom stereocenters. The zero-order valence-electron chi connectivity index (χ0n) is 18.4. The van der Waals surface area contributed by atoms with E-state index in [2.05, 4.69) is 21.8 Å². The van der Waals surface area contributed by atoms with E-state index in [4.69, 9.17) is 0 Å². The minimum absolute atomic E-state index is 0.0726. The summed E-state index contributed by atoms with van der Waals surface area (Å²) in [5, 5.41) is 3.61. The zero-order chi connectivity index (χ0) is 22.8. The summed E-state index contributed by atoms with van der Waals surface area (Å²) in [6, 6.07) is 5.80. The first-order valence-electron chi connectivity index (χ1n) is 10.8. The number of aromatic nitrogens is 3. The molecule has 3 heterocycles. The lowest BCUT2D eigenvalue weighted by Gasteiger charge is -2.25. The van der Waals surface area contributed by atoms with Gasteiger partial charge in [0.2, 0.25) is 5.91 Å². The van der Waals surface area contributed by atoms with Crippen molar-refractivity contribution in [1.82, 2.24) is 14.1 Å². The molecule has 1 aliphatic heterocycles. The number of nitrogens with one attached hydrogen (secondary N) is 1. The normalized spacial score (nSPS) is 14.0. The number of nitrogens with zero attached hydrogens (tertiary/aromatic N) is 4. The van der Waals surface area contributed by atoms with E-state index < -0.39 is 11.2 Å². The molecule has 2 aromatic heterocycles. The second-order valence-corrected chi connectivity index (χ2v) is 9.11. The van der Waals surface area contributed by atoms with Crippen LogP contribution in [0.25, 0.3) is 10.3 Å². The molecule has 1 aliphatic rings. The number of anilines is 2. The molecule has 9 heteroatoms. The Labute approximate surface area is 189 Å². The molecule has 0 saturated carbocycles.